The smallest absolute Gasteiger partial charge is 0.128 e. The Kier molecular flexibility index (Phi) is 4.30. The zero-order valence-electron chi connectivity index (χ0n) is 10.0. The van der Waals surface area contributed by atoms with Gasteiger partial charge in [-0.15, -0.1) is 0 Å². The van der Waals surface area contributed by atoms with E-state index in [1.807, 2.05) is 18.3 Å². The summed E-state index contributed by atoms with van der Waals surface area (Å²) in [4.78, 5) is 8.96. The van der Waals surface area contributed by atoms with Crippen LogP contribution in [0.15, 0.2) is 18.3 Å². The van der Waals surface area contributed by atoms with Crippen molar-refractivity contribution in [2.75, 3.05) is 44.2 Å². The van der Waals surface area contributed by atoms with Crippen LogP contribution in [-0.4, -0.2) is 54.3 Å². The van der Waals surface area contributed by atoms with Crippen LogP contribution in [0.2, 0.25) is 0 Å². The molecule has 1 aromatic rings. The second-order valence-electron chi connectivity index (χ2n) is 4.28. The minimum Gasteiger partial charge on any atom is -0.395 e. The lowest BCUT2D eigenvalue weighted by atomic mass is 10.2. The summed E-state index contributed by atoms with van der Waals surface area (Å²) < 4.78 is 0. The predicted molar refractivity (Wildman–Crippen MR) is 67.9 cm³/mol. The van der Waals surface area contributed by atoms with E-state index in [-0.39, 0.29) is 6.61 Å². The summed E-state index contributed by atoms with van der Waals surface area (Å²) in [5.74, 6) is 1.02. The van der Waals surface area contributed by atoms with Gasteiger partial charge in [0, 0.05) is 45.5 Å². The first-order valence-electron chi connectivity index (χ1n) is 6.06. The van der Waals surface area contributed by atoms with Gasteiger partial charge in [0.25, 0.3) is 0 Å². The van der Waals surface area contributed by atoms with Crippen molar-refractivity contribution in [2.24, 2.45) is 5.73 Å². The van der Waals surface area contributed by atoms with Gasteiger partial charge in [-0.25, -0.2) is 4.98 Å². The third-order valence-corrected chi connectivity index (χ3v) is 3.16. The Morgan fingerprint density at radius 2 is 2.00 bits per heavy atom. The summed E-state index contributed by atoms with van der Waals surface area (Å²) in [6.07, 6.45) is 1.84. The fourth-order valence-electron chi connectivity index (χ4n) is 2.07. The standard InChI is InChI=1S/C12H20N4O/c13-9-11-1-2-12(14-10-11)16-5-3-15(4-6-16)7-8-17/h1-2,10,17H,3-9,13H2. The Hall–Kier alpha value is -1.17. The highest BCUT2D eigenvalue weighted by Gasteiger charge is 2.17. The average molecular weight is 236 g/mol. The lowest BCUT2D eigenvalue weighted by molar-refractivity contribution is 0.188. The number of aliphatic hydroxyl groups is 1. The SMILES string of the molecule is NCc1ccc(N2CCN(CCO)CC2)nc1. The third kappa shape index (κ3) is 3.15. The lowest BCUT2D eigenvalue weighted by Crippen LogP contribution is -2.47. The van der Waals surface area contributed by atoms with Crippen molar-refractivity contribution in [3.8, 4) is 0 Å². The van der Waals surface area contributed by atoms with Crippen molar-refractivity contribution in [3.63, 3.8) is 0 Å². The number of β-amino-alcohol motifs (C(OH)–C–C–N with tert-alkyl or cyclic N) is 1. The van der Waals surface area contributed by atoms with Gasteiger partial charge in [-0.3, -0.25) is 4.90 Å². The highest BCUT2D eigenvalue weighted by molar-refractivity contribution is 5.39. The summed E-state index contributed by atoms with van der Waals surface area (Å²) in [6.45, 7) is 5.46. The van der Waals surface area contributed by atoms with E-state index in [4.69, 9.17) is 10.8 Å². The number of piperazine rings is 1. The lowest BCUT2D eigenvalue weighted by Gasteiger charge is -2.35. The van der Waals surface area contributed by atoms with Crippen LogP contribution in [0.5, 0.6) is 0 Å². The highest BCUT2D eigenvalue weighted by atomic mass is 16.3. The fourth-order valence-corrected chi connectivity index (χ4v) is 2.07. The number of hydrogen-bond acceptors (Lipinski definition) is 5. The number of aromatic nitrogens is 1. The average Bonchev–Trinajstić information content (AvgIpc) is 2.40. The van der Waals surface area contributed by atoms with Crippen LogP contribution in [0.3, 0.4) is 0 Å². The predicted octanol–water partition coefficient (Wildman–Crippen LogP) is -0.345. The van der Waals surface area contributed by atoms with Crippen molar-refractivity contribution in [1.29, 1.82) is 0 Å². The molecule has 0 unspecified atom stereocenters. The topological polar surface area (TPSA) is 65.6 Å². The quantitative estimate of drug-likeness (QED) is 0.748. The van der Waals surface area contributed by atoms with Gasteiger partial charge < -0.3 is 15.7 Å². The van der Waals surface area contributed by atoms with E-state index in [1.165, 1.54) is 0 Å². The summed E-state index contributed by atoms with van der Waals surface area (Å²) in [7, 11) is 0. The Bertz CT molecular complexity index is 333. The molecule has 1 saturated heterocycles. The zero-order chi connectivity index (χ0) is 12.1. The van der Waals surface area contributed by atoms with Gasteiger partial charge >= 0.3 is 0 Å². The van der Waals surface area contributed by atoms with Crippen molar-refractivity contribution in [1.82, 2.24) is 9.88 Å². The van der Waals surface area contributed by atoms with Gasteiger partial charge in [0.1, 0.15) is 5.82 Å². The molecule has 94 valence electrons. The van der Waals surface area contributed by atoms with E-state index in [2.05, 4.69) is 14.8 Å². The van der Waals surface area contributed by atoms with Gasteiger partial charge in [-0.1, -0.05) is 6.07 Å². The first-order valence-corrected chi connectivity index (χ1v) is 6.06. The fraction of sp³-hybridized carbons (Fsp3) is 0.583. The first-order chi connectivity index (χ1) is 8.33. The van der Waals surface area contributed by atoms with Crippen LogP contribution in [0.1, 0.15) is 5.56 Å². The summed E-state index contributed by atoms with van der Waals surface area (Å²) in [5.41, 5.74) is 6.61. The van der Waals surface area contributed by atoms with Crippen molar-refractivity contribution >= 4 is 5.82 Å². The van der Waals surface area contributed by atoms with Gasteiger partial charge in [0.05, 0.1) is 6.61 Å². The molecule has 2 rings (SSSR count). The number of pyridine rings is 1. The normalized spacial score (nSPS) is 17.4. The molecule has 0 spiro atoms. The largest absolute Gasteiger partial charge is 0.395 e. The molecule has 0 radical (unpaired) electrons. The molecule has 1 aliphatic rings. The molecule has 2 heterocycles. The Morgan fingerprint density at radius 1 is 1.24 bits per heavy atom. The van der Waals surface area contributed by atoms with Crippen LogP contribution < -0.4 is 10.6 Å². The number of nitrogens with zero attached hydrogens (tertiary/aromatic N) is 3. The van der Waals surface area contributed by atoms with Crippen molar-refractivity contribution in [2.45, 2.75) is 6.54 Å². The monoisotopic (exact) mass is 236 g/mol. The molecule has 0 bridgehead atoms. The van der Waals surface area contributed by atoms with Crippen molar-refractivity contribution < 1.29 is 5.11 Å². The maximum absolute atomic E-state index is 8.88. The molecule has 0 aromatic carbocycles. The van der Waals surface area contributed by atoms with Gasteiger partial charge in [0.15, 0.2) is 0 Å². The summed E-state index contributed by atoms with van der Waals surface area (Å²) >= 11 is 0. The second kappa shape index (κ2) is 5.95. The number of rotatable bonds is 4. The zero-order valence-corrected chi connectivity index (χ0v) is 10.0. The van der Waals surface area contributed by atoms with Gasteiger partial charge in [-0.05, 0) is 11.6 Å². The Labute approximate surface area is 102 Å². The molecule has 1 aromatic heterocycles. The number of nitrogens with two attached hydrogens (primary N) is 1. The van der Waals surface area contributed by atoms with E-state index in [0.29, 0.717) is 6.54 Å². The highest BCUT2D eigenvalue weighted by Crippen LogP contribution is 2.13. The summed E-state index contributed by atoms with van der Waals surface area (Å²) in [6, 6.07) is 4.06. The molecular formula is C12H20N4O. The Morgan fingerprint density at radius 3 is 2.53 bits per heavy atom. The maximum atomic E-state index is 8.88. The summed E-state index contributed by atoms with van der Waals surface area (Å²) in [5, 5.41) is 8.88. The van der Waals surface area contributed by atoms with Crippen LogP contribution in [0.4, 0.5) is 5.82 Å². The number of hydrogen-bond donors (Lipinski definition) is 2. The molecule has 5 heteroatoms. The first kappa shape index (κ1) is 12.3. The molecule has 1 fully saturated rings. The van der Waals surface area contributed by atoms with E-state index in [9.17, 15) is 0 Å². The Balaban J connectivity index is 1.91. The second-order valence-corrected chi connectivity index (χ2v) is 4.28. The van der Waals surface area contributed by atoms with Crippen LogP contribution in [0, 0.1) is 0 Å². The molecule has 0 amide bonds. The van der Waals surface area contributed by atoms with Crippen LogP contribution >= 0.6 is 0 Å². The molecule has 17 heavy (non-hydrogen) atoms. The molecule has 1 aliphatic heterocycles. The molecule has 0 saturated carbocycles. The molecule has 3 N–H and O–H groups in total. The van der Waals surface area contributed by atoms with Crippen molar-refractivity contribution in [3.05, 3.63) is 23.9 Å². The third-order valence-electron chi connectivity index (χ3n) is 3.16. The molecule has 0 atom stereocenters. The van der Waals surface area contributed by atoms with Crippen LogP contribution in [-0.2, 0) is 6.54 Å². The number of aliphatic hydroxyl groups excluding tert-OH is 1. The van der Waals surface area contributed by atoms with E-state index in [0.717, 1.165) is 44.1 Å². The number of anilines is 1. The van der Waals surface area contributed by atoms with E-state index < -0.39 is 0 Å². The van der Waals surface area contributed by atoms with E-state index in [1.54, 1.807) is 0 Å². The van der Waals surface area contributed by atoms with Crippen LogP contribution in [0.25, 0.3) is 0 Å². The minimum atomic E-state index is 0.240. The maximum Gasteiger partial charge on any atom is 0.128 e. The molecular weight excluding hydrogens is 216 g/mol. The van der Waals surface area contributed by atoms with Gasteiger partial charge in [-0.2, -0.15) is 0 Å². The molecule has 5 nitrogen and oxygen atoms in total. The van der Waals surface area contributed by atoms with Gasteiger partial charge in [0.2, 0.25) is 0 Å². The van der Waals surface area contributed by atoms with E-state index >= 15 is 0 Å². The minimum absolute atomic E-state index is 0.240. The molecule has 0 aliphatic carbocycles.